The van der Waals surface area contributed by atoms with Crippen molar-refractivity contribution in [1.82, 2.24) is 5.32 Å². The topological polar surface area (TPSA) is 12.0 Å². The van der Waals surface area contributed by atoms with Crippen molar-refractivity contribution in [2.45, 2.75) is 38.4 Å². The summed E-state index contributed by atoms with van der Waals surface area (Å²) in [5.74, 6) is 0. The van der Waals surface area contributed by atoms with E-state index in [1.54, 1.807) is 6.07 Å². The van der Waals surface area contributed by atoms with Gasteiger partial charge in [-0.2, -0.15) is 13.2 Å². The van der Waals surface area contributed by atoms with Crippen molar-refractivity contribution in [2.75, 3.05) is 6.54 Å². The summed E-state index contributed by atoms with van der Waals surface area (Å²) in [5, 5.41) is 3.38. The number of aryl methyl sites for hydroxylation is 1. The molecule has 0 amide bonds. The second-order valence-electron chi connectivity index (χ2n) is 5.85. The van der Waals surface area contributed by atoms with Gasteiger partial charge in [0.1, 0.15) is 0 Å². The van der Waals surface area contributed by atoms with E-state index in [2.05, 4.69) is 17.4 Å². The highest BCUT2D eigenvalue weighted by Crippen LogP contribution is 2.29. The van der Waals surface area contributed by atoms with E-state index in [1.807, 2.05) is 25.1 Å². The van der Waals surface area contributed by atoms with Gasteiger partial charge in [0.05, 0.1) is 5.56 Å². The number of alkyl halides is 3. The smallest absolute Gasteiger partial charge is 0.314 e. The Hall–Kier alpha value is -1.81. The third-order valence-corrected chi connectivity index (χ3v) is 3.77. The van der Waals surface area contributed by atoms with Crippen LogP contribution >= 0.6 is 0 Å². The summed E-state index contributed by atoms with van der Waals surface area (Å²) >= 11 is 0. The van der Waals surface area contributed by atoms with E-state index >= 15 is 0 Å². The highest BCUT2D eigenvalue weighted by molar-refractivity contribution is 5.26. The van der Waals surface area contributed by atoms with Crippen molar-refractivity contribution in [3.8, 4) is 0 Å². The fourth-order valence-corrected chi connectivity index (χ4v) is 2.59. The SMILES string of the molecule is C[C@H](Cc1cccc(C(F)(F)F)c1)NCCCc1ccccc1. The van der Waals surface area contributed by atoms with Gasteiger partial charge in [0, 0.05) is 6.04 Å². The average Bonchev–Trinajstić information content (AvgIpc) is 2.52. The summed E-state index contributed by atoms with van der Waals surface area (Å²) in [7, 11) is 0. The molecule has 0 heterocycles. The average molecular weight is 321 g/mol. The molecular formula is C19H22F3N. The molecule has 0 bridgehead atoms. The summed E-state index contributed by atoms with van der Waals surface area (Å²) in [6.07, 6.45) is -1.67. The Morgan fingerprint density at radius 2 is 1.65 bits per heavy atom. The van der Waals surface area contributed by atoms with Crippen LogP contribution in [0.2, 0.25) is 0 Å². The van der Waals surface area contributed by atoms with E-state index < -0.39 is 11.7 Å². The van der Waals surface area contributed by atoms with Gasteiger partial charge in [-0.15, -0.1) is 0 Å². The van der Waals surface area contributed by atoms with Crippen LogP contribution in [-0.4, -0.2) is 12.6 Å². The van der Waals surface area contributed by atoms with E-state index in [0.29, 0.717) is 12.0 Å². The summed E-state index contributed by atoms with van der Waals surface area (Å²) in [4.78, 5) is 0. The van der Waals surface area contributed by atoms with Gasteiger partial charge in [-0.25, -0.2) is 0 Å². The Bertz CT molecular complexity index is 593. The molecule has 23 heavy (non-hydrogen) atoms. The lowest BCUT2D eigenvalue weighted by molar-refractivity contribution is -0.137. The molecule has 0 aliphatic carbocycles. The minimum absolute atomic E-state index is 0.147. The molecule has 0 aromatic heterocycles. The number of hydrogen-bond acceptors (Lipinski definition) is 1. The third-order valence-electron chi connectivity index (χ3n) is 3.77. The van der Waals surface area contributed by atoms with Crippen molar-refractivity contribution in [1.29, 1.82) is 0 Å². The van der Waals surface area contributed by atoms with Crippen LogP contribution in [0.4, 0.5) is 13.2 Å². The van der Waals surface area contributed by atoms with Crippen molar-refractivity contribution >= 4 is 0 Å². The van der Waals surface area contributed by atoms with Gasteiger partial charge in [0.25, 0.3) is 0 Å². The van der Waals surface area contributed by atoms with Crippen LogP contribution in [0.1, 0.15) is 30.0 Å². The molecule has 0 spiro atoms. The molecule has 0 aliphatic rings. The van der Waals surface area contributed by atoms with Crippen LogP contribution in [0, 0.1) is 0 Å². The second kappa shape index (κ2) is 8.16. The molecule has 0 saturated carbocycles. The predicted octanol–water partition coefficient (Wildman–Crippen LogP) is 4.86. The van der Waals surface area contributed by atoms with Gasteiger partial charge < -0.3 is 5.32 Å². The minimum Gasteiger partial charge on any atom is -0.314 e. The van der Waals surface area contributed by atoms with Crippen LogP contribution in [0.3, 0.4) is 0 Å². The maximum Gasteiger partial charge on any atom is 0.416 e. The van der Waals surface area contributed by atoms with E-state index in [4.69, 9.17) is 0 Å². The first kappa shape index (κ1) is 17.5. The van der Waals surface area contributed by atoms with Crippen LogP contribution in [0.15, 0.2) is 54.6 Å². The first-order valence-electron chi connectivity index (χ1n) is 7.88. The fourth-order valence-electron chi connectivity index (χ4n) is 2.59. The fraction of sp³-hybridized carbons (Fsp3) is 0.368. The maximum absolute atomic E-state index is 12.7. The molecule has 2 aromatic rings. The third kappa shape index (κ3) is 6.06. The Morgan fingerprint density at radius 1 is 0.957 bits per heavy atom. The Morgan fingerprint density at radius 3 is 2.35 bits per heavy atom. The van der Waals surface area contributed by atoms with Gasteiger partial charge >= 0.3 is 6.18 Å². The molecule has 1 nitrogen and oxygen atoms in total. The zero-order valence-electron chi connectivity index (χ0n) is 13.2. The van der Waals surface area contributed by atoms with Gasteiger partial charge in [0.2, 0.25) is 0 Å². The van der Waals surface area contributed by atoms with E-state index in [9.17, 15) is 13.2 Å². The number of halogens is 3. The Balaban J connectivity index is 1.75. The summed E-state index contributed by atoms with van der Waals surface area (Å²) < 4.78 is 38.1. The standard InChI is InChI=1S/C19H22F3N/c1-15(23-12-6-10-16-7-3-2-4-8-16)13-17-9-5-11-18(14-17)19(20,21)22/h2-5,7-9,11,14-15,23H,6,10,12-13H2,1H3/t15-/m1/s1. The highest BCUT2D eigenvalue weighted by Gasteiger charge is 2.30. The lowest BCUT2D eigenvalue weighted by Crippen LogP contribution is -2.29. The van der Waals surface area contributed by atoms with E-state index in [0.717, 1.165) is 25.5 Å². The van der Waals surface area contributed by atoms with Crippen molar-refractivity contribution < 1.29 is 13.2 Å². The quantitative estimate of drug-likeness (QED) is 0.718. The van der Waals surface area contributed by atoms with Gasteiger partial charge in [-0.1, -0.05) is 48.5 Å². The summed E-state index contributed by atoms with van der Waals surface area (Å²) in [6.45, 7) is 2.86. The van der Waals surface area contributed by atoms with E-state index in [-0.39, 0.29) is 6.04 Å². The summed E-state index contributed by atoms with van der Waals surface area (Å²) in [6, 6.07) is 16.0. The molecular weight excluding hydrogens is 299 g/mol. The van der Waals surface area contributed by atoms with Crippen molar-refractivity contribution in [2.24, 2.45) is 0 Å². The number of benzene rings is 2. The monoisotopic (exact) mass is 321 g/mol. The molecule has 0 fully saturated rings. The van der Waals surface area contributed by atoms with Gasteiger partial charge in [-0.3, -0.25) is 0 Å². The Kier molecular flexibility index (Phi) is 6.22. The molecule has 2 aromatic carbocycles. The van der Waals surface area contributed by atoms with Gasteiger partial charge in [-0.05, 0) is 49.9 Å². The van der Waals surface area contributed by atoms with Crippen LogP contribution in [0.5, 0.6) is 0 Å². The molecule has 1 N–H and O–H groups in total. The van der Waals surface area contributed by atoms with Crippen LogP contribution < -0.4 is 5.32 Å². The van der Waals surface area contributed by atoms with Gasteiger partial charge in [0.15, 0.2) is 0 Å². The zero-order valence-corrected chi connectivity index (χ0v) is 13.2. The Labute approximate surface area is 135 Å². The number of hydrogen-bond donors (Lipinski definition) is 1. The predicted molar refractivity (Wildman–Crippen MR) is 87.4 cm³/mol. The number of nitrogens with one attached hydrogen (secondary N) is 1. The lowest BCUT2D eigenvalue weighted by Gasteiger charge is -2.15. The molecule has 4 heteroatoms. The normalized spacial score (nSPS) is 13.0. The molecule has 0 radical (unpaired) electrons. The first-order valence-corrected chi connectivity index (χ1v) is 7.88. The van der Waals surface area contributed by atoms with Crippen molar-refractivity contribution in [3.05, 3.63) is 71.3 Å². The number of rotatable bonds is 7. The molecule has 2 rings (SSSR count). The highest BCUT2D eigenvalue weighted by atomic mass is 19.4. The van der Waals surface area contributed by atoms with Crippen LogP contribution in [0.25, 0.3) is 0 Å². The minimum atomic E-state index is -4.28. The molecule has 0 unspecified atom stereocenters. The molecule has 124 valence electrons. The first-order chi connectivity index (χ1) is 10.9. The molecule has 0 aliphatic heterocycles. The van der Waals surface area contributed by atoms with Crippen molar-refractivity contribution in [3.63, 3.8) is 0 Å². The zero-order chi connectivity index (χ0) is 16.7. The maximum atomic E-state index is 12.7. The second-order valence-corrected chi connectivity index (χ2v) is 5.85. The largest absolute Gasteiger partial charge is 0.416 e. The summed E-state index contributed by atoms with van der Waals surface area (Å²) in [5.41, 5.74) is 1.44. The molecule has 0 saturated heterocycles. The van der Waals surface area contributed by atoms with E-state index in [1.165, 1.54) is 17.7 Å². The lowest BCUT2D eigenvalue weighted by atomic mass is 10.0. The van der Waals surface area contributed by atoms with Crippen LogP contribution in [-0.2, 0) is 19.0 Å². The molecule has 1 atom stereocenters.